The Labute approximate surface area is 87.3 Å². The van der Waals surface area contributed by atoms with Gasteiger partial charge >= 0.3 is 5.97 Å². The van der Waals surface area contributed by atoms with E-state index in [0.717, 1.165) is 0 Å². The van der Waals surface area contributed by atoms with Crippen molar-refractivity contribution in [2.45, 2.75) is 46.5 Å². The molecule has 0 aliphatic rings. The van der Waals surface area contributed by atoms with Crippen molar-refractivity contribution in [3.05, 3.63) is 12.2 Å². The first-order valence-corrected chi connectivity index (χ1v) is 5.53. The van der Waals surface area contributed by atoms with E-state index in [1.165, 1.54) is 19.3 Å². The Bertz CT molecular complexity index is 173. The van der Waals surface area contributed by atoms with Crippen LogP contribution in [-0.2, 0) is 9.53 Å². The second-order valence-electron chi connectivity index (χ2n) is 3.56. The monoisotopic (exact) mass is 198 g/mol. The topological polar surface area (TPSA) is 26.3 Å². The Morgan fingerprint density at radius 1 is 1.43 bits per heavy atom. The van der Waals surface area contributed by atoms with Crippen molar-refractivity contribution in [3.8, 4) is 0 Å². The zero-order valence-electron chi connectivity index (χ0n) is 9.58. The van der Waals surface area contributed by atoms with Crippen molar-refractivity contribution in [3.63, 3.8) is 0 Å². The molecule has 14 heavy (non-hydrogen) atoms. The molecule has 1 atom stereocenters. The van der Waals surface area contributed by atoms with Gasteiger partial charge in [0, 0.05) is 0 Å². The van der Waals surface area contributed by atoms with Crippen molar-refractivity contribution in [1.29, 1.82) is 0 Å². The number of carbonyl (C=O) groups is 1. The van der Waals surface area contributed by atoms with Crippen molar-refractivity contribution in [2.24, 2.45) is 5.92 Å². The minimum atomic E-state index is -0.133. The van der Waals surface area contributed by atoms with Gasteiger partial charge in [-0.3, -0.25) is 4.79 Å². The summed E-state index contributed by atoms with van der Waals surface area (Å²) in [5.74, 6) is 0.441. The first-order valence-electron chi connectivity index (χ1n) is 5.53. The number of rotatable bonds is 7. The predicted octanol–water partition coefficient (Wildman–Crippen LogP) is 3.32. The standard InChI is InChI=1S/C12H22O2/c1-4-6-8-11(3)9-7-10-12(13)14-5-2/h7,9,11H,4-6,8,10H2,1-3H3/b9-7+/t11-/m1/s1. The van der Waals surface area contributed by atoms with E-state index in [1.54, 1.807) is 0 Å². The third-order valence-electron chi connectivity index (χ3n) is 2.07. The Kier molecular flexibility index (Phi) is 8.30. The molecule has 0 rings (SSSR count). The van der Waals surface area contributed by atoms with Gasteiger partial charge in [0.15, 0.2) is 0 Å². The Balaban J connectivity index is 3.55. The molecule has 0 aliphatic carbocycles. The minimum Gasteiger partial charge on any atom is -0.466 e. The summed E-state index contributed by atoms with van der Waals surface area (Å²) in [7, 11) is 0. The lowest BCUT2D eigenvalue weighted by Gasteiger charge is -2.03. The molecule has 0 spiro atoms. The van der Waals surface area contributed by atoms with E-state index in [9.17, 15) is 4.79 Å². The second-order valence-corrected chi connectivity index (χ2v) is 3.56. The molecule has 0 bridgehead atoms. The molecule has 0 aliphatic heterocycles. The summed E-state index contributed by atoms with van der Waals surface area (Å²) in [6, 6.07) is 0. The van der Waals surface area contributed by atoms with E-state index in [4.69, 9.17) is 4.74 Å². The minimum absolute atomic E-state index is 0.133. The van der Waals surface area contributed by atoms with E-state index in [1.807, 2.05) is 13.0 Å². The van der Waals surface area contributed by atoms with E-state index in [0.29, 0.717) is 18.9 Å². The lowest BCUT2D eigenvalue weighted by atomic mass is 10.0. The number of hydrogen-bond donors (Lipinski definition) is 0. The molecule has 0 heterocycles. The van der Waals surface area contributed by atoms with Gasteiger partial charge in [0.25, 0.3) is 0 Å². The predicted molar refractivity (Wildman–Crippen MR) is 59.1 cm³/mol. The zero-order valence-corrected chi connectivity index (χ0v) is 9.58. The van der Waals surface area contributed by atoms with Crippen molar-refractivity contribution in [1.82, 2.24) is 0 Å². The van der Waals surface area contributed by atoms with Gasteiger partial charge in [0.05, 0.1) is 13.0 Å². The molecule has 0 radical (unpaired) electrons. The van der Waals surface area contributed by atoms with Crippen LogP contribution in [0.3, 0.4) is 0 Å². The van der Waals surface area contributed by atoms with Gasteiger partial charge in [-0.15, -0.1) is 0 Å². The maximum absolute atomic E-state index is 11.0. The highest BCUT2D eigenvalue weighted by atomic mass is 16.5. The molecule has 0 aromatic rings. The highest BCUT2D eigenvalue weighted by Gasteiger charge is 1.98. The highest BCUT2D eigenvalue weighted by Crippen LogP contribution is 2.09. The lowest BCUT2D eigenvalue weighted by molar-refractivity contribution is -0.142. The molecule has 2 heteroatoms. The van der Waals surface area contributed by atoms with Crippen LogP contribution in [-0.4, -0.2) is 12.6 Å². The third kappa shape index (κ3) is 7.84. The smallest absolute Gasteiger partial charge is 0.309 e. The van der Waals surface area contributed by atoms with Crippen molar-refractivity contribution in [2.75, 3.05) is 6.61 Å². The van der Waals surface area contributed by atoms with E-state index >= 15 is 0 Å². The van der Waals surface area contributed by atoms with Gasteiger partial charge in [-0.1, -0.05) is 38.8 Å². The first-order chi connectivity index (χ1) is 6.70. The van der Waals surface area contributed by atoms with E-state index < -0.39 is 0 Å². The van der Waals surface area contributed by atoms with Gasteiger partial charge in [0.2, 0.25) is 0 Å². The fourth-order valence-electron chi connectivity index (χ4n) is 1.24. The largest absolute Gasteiger partial charge is 0.466 e. The molecule has 2 nitrogen and oxygen atoms in total. The zero-order chi connectivity index (χ0) is 10.8. The summed E-state index contributed by atoms with van der Waals surface area (Å²) in [4.78, 5) is 11.0. The SMILES string of the molecule is CCCC[C@@H](C)/C=C/CC(=O)OCC. The van der Waals surface area contributed by atoms with Crippen LogP contribution < -0.4 is 0 Å². The number of ether oxygens (including phenoxy) is 1. The van der Waals surface area contributed by atoms with Gasteiger partial charge < -0.3 is 4.74 Å². The number of esters is 1. The van der Waals surface area contributed by atoms with Crippen LogP contribution in [0.25, 0.3) is 0 Å². The van der Waals surface area contributed by atoms with E-state index in [2.05, 4.69) is 19.9 Å². The maximum atomic E-state index is 11.0. The summed E-state index contributed by atoms with van der Waals surface area (Å²) in [5, 5.41) is 0. The molecule has 0 saturated heterocycles. The van der Waals surface area contributed by atoms with Gasteiger partial charge in [0.1, 0.15) is 0 Å². The molecular weight excluding hydrogens is 176 g/mol. The Morgan fingerprint density at radius 2 is 2.14 bits per heavy atom. The summed E-state index contributed by atoms with van der Waals surface area (Å²) in [5.41, 5.74) is 0. The van der Waals surface area contributed by atoms with Crippen LogP contribution >= 0.6 is 0 Å². The molecule has 0 aromatic carbocycles. The fraction of sp³-hybridized carbons (Fsp3) is 0.750. The molecule has 0 saturated carbocycles. The molecule has 0 aromatic heterocycles. The average Bonchev–Trinajstić information content (AvgIpc) is 2.15. The maximum Gasteiger partial charge on any atom is 0.309 e. The highest BCUT2D eigenvalue weighted by molar-refractivity contribution is 5.71. The van der Waals surface area contributed by atoms with Crippen LogP contribution in [0, 0.1) is 5.92 Å². The van der Waals surface area contributed by atoms with Crippen LogP contribution in [0.2, 0.25) is 0 Å². The molecular formula is C12H22O2. The lowest BCUT2D eigenvalue weighted by Crippen LogP contribution is -2.01. The normalized spacial score (nSPS) is 13.1. The van der Waals surface area contributed by atoms with Gasteiger partial charge in [-0.05, 0) is 19.3 Å². The Morgan fingerprint density at radius 3 is 2.71 bits per heavy atom. The molecule has 0 N–H and O–H groups in total. The third-order valence-corrected chi connectivity index (χ3v) is 2.07. The molecule has 0 unspecified atom stereocenters. The van der Waals surface area contributed by atoms with Gasteiger partial charge in [-0.25, -0.2) is 0 Å². The Hall–Kier alpha value is -0.790. The van der Waals surface area contributed by atoms with Crippen LogP contribution in [0.1, 0.15) is 46.5 Å². The quantitative estimate of drug-likeness (QED) is 0.463. The van der Waals surface area contributed by atoms with E-state index in [-0.39, 0.29) is 5.97 Å². The number of unbranched alkanes of at least 4 members (excludes halogenated alkanes) is 1. The average molecular weight is 198 g/mol. The second kappa shape index (κ2) is 8.79. The number of hydrogen-bond acceptors (Lipinski definition) is 2. The first kappa shape index (κ1) is 13.2. The number of carbonyl (C=O) groups excluding carboxylic acids is 1. The summed E-state index contributed by atoms with van der Waals surface area (Å²) < 4.78 is 4.81. The molecule has 0 fully saturated rings. The molecule has 82 valence electrons. The fourth-order valence-corrected chi connectivity index (χ4v) is 1.24. The number of allylic oxidation sites excluding steroid dienone is 1. The van der Waals surface area contributed by atoms with Gasteiger partial charge in [-0.2, -0.15) is 0 Å². The van der Waals surface area contributed by atoms with Crippen LogP contribution in [0.15, 0.2) is 12.2 Å². The van der Waals surface area contributed by atoms with Crippen molar-refractivity contribution < 1.29 is 9.53 Å². The molecule has 0 amide bonds. The summed E-state index contributed by atoms with van der Waals surface area (Å²) in [6.45, 7) is 6.66. The summed E-state index contributed by atoms with van der Waals surface area (Å²) >= 11 is 0. The summed E-state index contributed by atoms with van der Waals surface area (Å²) in [6.07, 6.45) is 8.12. The van der Waals surface area contributed by atoms with Crippen molar-refractivity contribution >= 4 is 5.97 Å². The van der Waals surface area contributed by atoms with Crippen LogP contribution in [0.5, 0.6) is 0 Å². The van der Waals surface area contributed by atoms with Crippen LogP contribution in [0.4, 0.5) is 0 Å².